The summed E-state index contributed by atoms with van der Waals surface area (Å²) >= 11 is 0. The van der Waals surface area contributed by atoms with Crippen molar-refractivity contribution >= 4 is 17.7 Å². The van der Waals surface area contributed by atoms with Gasteiger partial charge in [0.25, 0.3) is 5.95 Å². The molecule has 0 aliphatic carbocycles. The highest BCUT2D eigenvalue weighted by molar-refractivity contribution is 5.91. The molecule has 2 unspecified atom stereocenters. The van der Waals surface area contributed by atoms with E-state index in [-0.39, 0.29) is 36.5 Å². The Morgan fingerprint density at radius 3 is 2.17 bits per heavy atom. The zero-order valence-corrected chi connectivity index (χ0v) is 23.0. The van der Waals surface area contributed by atoms with Gasteiger partial charge in [-0.15, -0.1) is 0 Å². The van der Waals surface area contributed by atoms with Crippen LogP contribution in [0, 0.1) is 20.8 Å². The minimum absolute atomic E-state index is 0.0176. The van der Waals surface area contributed by atoms with Crippen molar-refractivity contribution in [2.24, 2.45) is 0 Å². The maximum atomic E-state index is 13.6. The van der Waals surface area contributed by atoms with Crippen LogP contribution >= 0.6 is 0 Å². The van der Waals surface area contributed by atoms with Crippen molar-refractivity contribution in [3.63, 3.8) is 0 Å². The fourth-order valence-electron chi connectivity index (χ4n) is 5.20. The molecule has 0 radical (unpaired) electrons. The first-order valence-corrected chi connectivity index (χ1v) is 12.9. The molecule has 0 saturated heterocycles. The Bertz CT molecular complexity index is 1390. The molecule has 2 aromatic heterocycles. The maximum Gasteiger partial charge on any atom is 0.416 e. The van der Waals surface area contributed by atoms with Crippen molar-refractivity contribution in [3.8, 4) is 0 Å². The normalized spacial score (nSPS) is 17.4. The minimum Gasteiger partial charge on any atom is -0.449 e. The van der Waals surface area contributed by atoms with Crippen molar-refractivity contribution in [2.45, 2.75) is 78.4 Å². The first-order valence-electron chi connectivity index (χ1n) is 12.9. The second-order valence-corrected chi connectivity index (χ2v) is 9.82. The molecule has 0 bridgehead atoms. The standard InChI is InChI=1S/C27H29F6N5O3/c1-6-20-12-22(21-8-14(3)34-15(4)23(21)38(20)25(39)40-7-2)37(24-35-16(5)41-36-24)13-17-9-18(26(28,29)30)11-19(10-17)27(31,32)33/h8-11,20,22H,6-7,12-13H2,1-5H3. The van der Waals surface area contributed by atoms with Crippen molar-refractivity contribution in [1.29, 1.82) is 0 Å². The Morgan fingerprint density at radius 1 is 1.02 bits per heavy atom. The third-order valence-corrected chi connectivity index (χ3v) is 6.87. The van der Waals surface area contributed by atoms with E-state index in [4.69, 9.17) is 9.26 Å². The topological polar surface area (TPSA) is 84.6 Å². The lowest BCUT2D eigenvalue weighted by Crippen LogP contribution is -2.48. The summed E-state index contributed by atoms with van der Waals surface area (Å²) in [5.41, 5.74) is -0.940. The van der Waals surface area contributed by atoms with Gasteiger partial charge in [0.2, 0.25) is 5.89 Å². The van der Waals surface area contributed by atoms with Crippen LogP contribution in [-0.2, 0) is 23.6 Å². The lowest BCUT2D eigenvalue weighted by atomic mass is 9.88. The van der Waals surface area contributed by atoms with Gasteiger partial charge < -0.3 is 14.2 Å². The number of benzene rings is 1. The molecule has 1 aliphatic heterocycles. The molecule has 8 nitrogen and oxygen atoms in total. The van der Waals surface area contributed by atoms with Crippen LogP contribution in [0.4, 0.5) is 42.8 Å². The van der Waals surface area contributed by atoms with Crippen molar-refractivity contribution in [3.05, 3.63) is 63.8 Å². The number of nitrogens with zero attached hydrogens (tertiary/aromatic N) is 5. The van der Waals surface area contributed by atoms with Gasteiger partial charge in [0.05, 0.1) is 35.2 Å². The average Bonchev–Trinajstić information content (AvgIpc) is 3.31. The molecule has 2 atom stereocenters. The van der Waals surface area contributed by atoms with Crippen molar-refractivity contribution < 1.29 is 40.4 Å². The summed E-state index contributed by atoms with van der Waals surface area (Å²) in [6.07, 6.45) is -9.86. The molecular weight excluding hydrogens is 556 g/mol. The van der Waals surface area contributed by atoms with Crippen molar-refractivity contribution in [1.82, 2.24) is 15.1 Å². The number of pyridine rings is 1. The van der Waals surface area contributed by atoms with Crippen molar-refractivity contribution in [2.75, 3.05) is 16.4 Å². The van der Waals surface area contributed by atoms with Crippen LogP contribution in [-0.4, -0.2) is 33.9 Å². The number of carbonyl (C=O) groups excluding carboxylic acids is 1. The second kappa shape index (κ2) is 11.2. The molecule has 1 amide bonds. The fourth-order valence-corrected chi connectivity index (χ4v) is 5.20. The Balaban J connectivity index is 1.91. The van der Waals surface area contributed by atoms with Gasteiger partial charge in [-0.05, 0) is 68.6 Å². The van der Waals surface area contributed by atoms with Gasteiger partial charge >= 0.3 is 18.4 Å². The highest BCUT2D eigenvalue weighted by atomic mass is 19.4. The summed E-state index contributed by atoms with van der Waals surface area (Å²) in [7, 11) is 0. The van der Waals surface area contributed by atoms with Crippen LogP contribution < -0.4 is 9.80 Å². The largest absolute Gasteiger partial charge is 0.449 e. The molecule has 0 N–H and O–H groups in total. The number of aromatic nitrogens is 3. The summed E-state index contributed by atoms with van der Waals surface area (Å²) in [5, 5.41) is 3.96. The number of hydrogen-bond donors (Lipinski definition) is 0. The van der Waals surface area contributed by atoms with Crippen LogP contribution in [0.5, 0.6) is 0 Å². The highest BCUT2D eigenvalue weighted by Crippen LogP contribution is 2.45. The highest BCUT2D eigenvalue weighted by Gasteiger charge is 2.42. The molecule has 0 saturated carbocycles. The average molecular weight is 586 g/mol. The third kappa shape index (κ3) is 6.25. The van der Waals surface area contributed by atoms with Crippen LogP contribution in [0.1, 0.15) is 72.3 Å². The van der Waals surface area contributed by atoms with E-state index in [0.29, 0.717) is 41.2 Å². The Morgan fingerprint density at radius 2 is 1.66 bits per heavy atom. The number of hydrogen-bond acceptors (Lipinski definition) is 7. The van der Waals surface area contributed by atoms with Crippen LogP contribution in [0.3, 0.4) is 0 Å². The smallest absolute Gasteiger partial charge is 0.416 e. The lowest BCUT2D eigenvalue weighted by molar-refractivity contribution is -0.143. The molecule has 1 aromatic carbocycles. The number of fused-ring (bicyclic) bond motifs is 1. The zero-order chi connectivity index (χ0) is 30.3. The van der Waals surface area contributed by atoms with E-state index in [0.717, 1.165) is 0 Å². The molecule has 3 aromatic rings. The van der Waals surface area contributed by atoms with E-state index >= 15 is 0 Å². The summed E-state index contributed by atoms with van der Waals surface area (Å²) in [6, 6.07) is 2.09. The van der Waals surface area contributed by atoms with Gasteiger partial charge in [0.1, 0.15) is 0 Å². The summed E-state index contributed by atoms with van der Waals surface area (Å²) < 4.78 is 92.3. The lowest BCUT2D eigenvalue weighted by Gasteiger charge is -2.44. The third-order valence-electron chi connectivity index (χ3n) is 6.87. The Kier molecular flexibility index (Phi) is 8.23. The number of anilines is 2. The molecular formula is C27H29F6N5O3. The number of rotatable bonds is 6. The molecule has 0 spiro atoms. The van der Waals surface area contributed by atoms with E-state index < -0.39 is 48.2 Å². The van der Waals surface area contributed by atoms with Gasteiger partial charge in [-0.2, -0.15) is 31.3 Å². The number of halogens is 6. The Labute approximate surface area is 232 Å². The summed E-state index contributed by atoms with van der Waals surface area (Å²) in [4.78, 5) is 24.9. The first-order chi connectivity index (χ1) is 19.1. The SMILES string of the molecule is CCOC(=O)N1c2c(cc(C)nc2C)C(N(Cc2cc(C(F)(F)F)cc(C(F)(F)F)c2)c2noc(C)n2)CC1CC. The molecule has 0 fully saturated rings. The van der Waals surface area contributed by atoms with Crippen LogP contribution in [0.2, 0.25) is 0 Å². The monoisotopic (exact) mass is 585 g/mol. The fraction of sp³-hybridized carbons (Fsp3) is 0.481. The Hall–Kier alpha value is -3.84. The van der Waals surface area contributed by atoms with E-state index in [2.05, 4.69) is 15.1 Å². The zero-order valence-electron chi connectivity index (χ0n) is 23.0. The van der Waals surface area contributed by atoms with Crippen LogP contribution in [0.25, 0.3) is 0 Å². The molecule has 222 valence electrons. The number of carbonyl (C=O) groups is 1. The van der Waals surface area contributed by atoms with E-state index in [1.807, 2.05) is 6.92 Å². The predicted molar refractivity (Wildman–Crippen MR) is 136 cm³/mol. The molecule has 4 rings (SSSR count). The summed E-state index contributed by atoms with van der Waals surface area (Å²) in [6.45, 7) is 8.25. The van der Waals surface area contributed by atoms with Gasteiger partial charge in [-0.25, -0.2) is 4.79 Å². The maximum absolute atomic E-state index is 13.6. The van der Waals surface area contributed by atoms with Gasteiger partial charge in [0, 0.05) is 30.8 Å². The van der Waals surface area contributed by atoms with E-state index in [1.54, 1.807) is 26.8 Å². The minimum atomic E-state index is -5.01. The van der Waals surface area contributed by atoms with E-state index in [1.165, 1.54) is 16.7 Å². The number of amides is 1. The second-order valence-electron chi connectivity index (χ2n) is 9.82. The molecule has 41 heavy (non-hydrogen) atoms. The predicted octanol–water partition coefficient (Wildman–Crippen LogP) is 7.32. The van der Waals surface area contributed by atoms with Gasteiger partial charge in [-0.1, -0.05) is 6.92 Å². The molecule has 3 heterocycles. The van der Waals surface area contributed by atoms with Gasteiger partial charge in [0.15, 0.2) is 0 Å². The molecule has 1 aliphatic rings. The summed E-state index contributed by atoms with van der Waals surface area (Å²) in [5.74, 6) is 0.138. The number of ether oxygens (including phenoxy) is 1. The quantitative estimate of drug-likeness (QED) is 0.280. The van der Waals surface area contributed by atoms with E-state index in [9.17, 15) is 31.1 Å². The molecule has 14 heteroatoms. The first kappa shape index (κ1) is 30.1. The van der Waals surface area contributed by atoms with Crippen LogP contribution in [0.15, 0.2) is 28.8 Å². The number of aryl methyl sites for hydroxylation is 3. The van der Waals surface area contributed by atoms with Gasteiger partial charge in [-0.3, -0.25) is 9.88 Å². The number of alkyl halides is 6.